The van der Waals surface area contributed by atoms with E-state index in [1.807, 2.05) is 36.4 Å². The molecule has 2 aromatic carbocycles. The fourth-order valence-electron chi connectivity index (χ4n) is 3.35. The Morgan fingerprint density at radius 2 is 1.86 bits per heavy atom. The molecule has 2 heterocycles. The van der Waals surface area contributed by atoms with Crippen molar-refractivity contribution in [2.45, 2.75) is 0 Å². The van der Waals surface area contributed by atoms with Crippen LogP contribution in [0.1, 0.15) is 10.4 Å². The predicted molar refractivity (Wildman–Crippen MR) is 113 cm³/mol. The van der Waals surface area contributed by atoms with E-state index >= 15 is 0 Å². The standard InChI is InChI=1S/C23H19N3O3/c1-26-19-14-24-12-11-18(19)20(16-9-6-10-17(13-16)29-2)21(23(26)28)25-22(27)15-7-4-3-5-8-15/h3-14H,1-2H3,(H,25,27). The number of methoxy groups -OCH3 is 1. The lowest BCUT2D eigenvalue weighted by Gasteiger charge is -2.17. The van der Waals surface area contributed by atoms with Gasteiger partial charge in [0.05, 0.1) is 18.8 Å². The molecule has 0 saturated heterocycles. The number of benzene rings is 2. The number of aryl methyl sites for hydroxylation is 1. The third kappa shape index (κ3) is 3.36. The Morgan fingerprint density at radius 1 is 1.07 bits per heavy atom. The first-order chi connectivity index (χ1) is 14.1. The van der Waals surface area contributed by atoms with Crippen molar-refractivity contribution < 1.29 is 9.53 Å². The lowest BCUT2D eigenvalue weighted by Crippen LogP contribution is -2.25. The minimum Gasteiger partial charge on any atom is -0.497 e. The van der Waals surface area contributed by atoms with Crippen LogP contribution in [0.15, 0.2) is 77.9 Å². The lowest BCUT2D eigenvalue weighted by molar-refractivity contribution is 0.102. The minimum absolute atomic E-state index is 0.216. The monoisotopic (exact) mass is 385 g/mol. The number of amides is 1. The Bertz CT molecular complexity index is 1260. The van der Waals surface area contributed by atoms with Crippen molar-refractivity contribution in [1.82, 2.24) is 9.55 Å². The van der Waals surface area contributed by atoms with Crippen LogP contribution in [0.3, 0.4) is 0 Å². The molecule has 4 rings (SSSR count). The highest BCUT2D eigenvalue weighted by atomic mass is 16.5. The van der Waals surface area contributed by atoms with E-state index in [1.54, 1.807) is 50.8 Å². The molecule has 6 heteroatoms. The zero-order valence-electron chi connectivity index (χ0n) is 16.0. The number of nitrogens with one attached hydrogen (secondary N) is 1. The van der Waals surface area contributed by atoms with Gasteiger partial charge in [0.1, 0.15) is 11.4 Å². The van der Waals surface area contributed by atoms with Gasteiger partial charge in [0, 0.05) is 29.8 Å². The van der Waals surface area contributed by atoms with Gasteiger partial charge in [-0.3, -0.25) is 14.6 Å². The van der Waals surface area contributed by atoms with Crippen molar-refractivity contribution in [2.24, 2.45) is 7.05 Å². The molecule has 0 atom stereocenters. The number of aromatic nitrogens is 2. The predicted octanol–water partition coefficient (Wildman–Crippen LogP) is 3.86. The van der Waals surface area contributed by atoms with E-state index in [1.165, 1.54) is 4.57 Å². The highest BCUT2D eigenvalue weighted by Gasteiger charge is 2.20. The molecule has 144 valence electrons. The number of carbonyl (C=O) groups excluding carboxylic acids is 1. The van der Waals surface area contributed by atoms with Gasteiger partial charge in [-0.1, -0.05) is 30.3 Å². The molecule has 0 aliphatic heterocycles. The summed E-state index contributed by atoms with van der Waals surface area (Å²) in [4.78, 5) is 30.2. The smallest absolute Gasteiger partial charge is 0.275 e. The van der Waals surface area contributed by atoms with Crippen LogP contribution >= 0.6 is 0 Å². The summed E-state index contributed by atoms with van der Waals surface area (Å²) in [5, 5.41) is 3.63. The van der Waals surface area contributed by atoms with Crippen LogP contribution in [0.25, 0.3) is 22.0 Å². The number of nitrogens with zero attached hydrogens (tertiary/aromatic N) is 2. The van der Waals surface area contributed by atoms with Gasteiger partial charge >= 0.3 is 0 Å². The number of fused-ring (bicyclic) bond motifs is 1. The summed E-state index contributed by atoms with van der Waals surface area (Å²) in [6, 6.07) is 18.0. The molecule has 0 saturated carbocycles. The van der Waals surface area contributed by atoms with Crippen LogP contribution in [-0.4, -0.2) is 22.6 Å². The van der Waals surface area contributed by atoms with Crippen LogP contribution in [0.2, 0.25) is 0 Å². The van der Waals surface area contributed by atoms with Crippen molar-refractivity contribution in [1.29, 1.82) is 0 Å². The SMILES string of the molecule is COc1cccc(-c2c(NC(=O)c3ccccc3)c(=O)n(C)c3cnccc23)c1. The molecule has 6 nitrogen and oxygen atoms in total. The molecule has 29 heavy (non-hydrogen) atoms. The molecule has 0 aliphatic rings. The number of hydrogen-bond donors (Lipinski definition) is 1. The van der Waals surface area contributed by atoms with E-state index in [4.69, 9.17) is 4.74 Å². The normalized spacial score (nSPS) is 10.7. The van der Waals surface area contributed by atoms with Crippen LogP contribution in [0.5, 0.6) is 5.75 Å². The molecule has 0 fully saturated rings. The highest BCUT2D eigenvalue weighted by Crippen LogP contribution is 2.34. The topological polar surface area (TPSA) is 73.2 Å². The van der Waals surface area contributed by atoms with E-state index in [0.717, 1.165) is 10.9 Å². The molecule has 4 aromatic rings. The number of hydrogen-bond acceptors (Lipinski definition) is 4. The summed E-state index contributed by atoms with van der Waals surface area (Å²) in [7, 11) is 3.25. The maximum Gasteiger partial charge on any atom is 0.275 e. The number of anilines is 1. The first kappa shape index (κ1) is 18.4. The highest BCUT2D eigenvalue weighted by molar-refractivity contribution is 6.10. The molecule has 2 aromatic heterocycles. The fraction of sp³-hybridized carbons (Fsp3) is 0.0870. The van der Waals surface area contributed by atoms with Crippen LogP contribution < -0.4 is 15.6 Å². The number of ether oxygens (including phenoxy) is 1. The van der Waals surface area contributed by atoms with Gasteiger partial charge in [0.2, 0.25) is 0 Å². The van der Waals surface area contributed by atoms with Gasteiger partial charge < -0.3 is 14.6 Å². The summed E-state index contributed by atoms with van der Waals surface area (Å²) < 4.78 is 6.84. The summed E-state index contributed by atoms with van der Waals surface area (Å²) in [6.07, 6.45) is 3.31. The second-order valence-corrected chi connectivity index (χ2v) is 6.56. The zero-order valence-corrected chi connectivity index (χ0v) is 16.0. The zero-order chi connectivity index (χ0) is 20.4. The Balaban J connectivity index is 1.98. The largest absolute Gasteiger partial charge is 0.497 e. The first-order valence-electron chi connectivity index (χ1n) is 9.07. The summed E-state index contributed by atoms with van der Waals surface area (Å²) in [6.45, 7) is 0. The lowest BCUT2D eigenvalue weighted by atomic mass is 9.99. The van der Waals surface area contributed by atoms with E-state index in [2.05, 4.69) is 10.3 Å². The summed E-state index contributed by atoms with van der Waals surface area (Å²) in [5.74, 6) is 0.311. The average molecular weight is 385 g/mol. The van der Waals surface area contributed by atoms with Gasteiger partial charge in [-0.05, 0) is 35.9 Å². The second-order valence-electron chi connectivity index (χ2n) is 6.56. The molecular weight excluding hydrogens is 366 g/mol. The van der Waals surface area contributed by atoms with Crippen molar-refractivity contribution in [3.05, 3.63) is 89.0 Å². The Morgan fingerprint density at radius 3 is 2.62 bits per heavy atom. The van der Waals surface area contributed by atoms with Gasteiger partial charge in [-0.25, -0.2) is 0 Å². The third-order valence-electron chi connectivity index (χ3n) is 4.83. The molecule has 0 bridgehead atoms. The molecule has 1 amide bonds. The van der Waals surface area contributed by atoms with Gasteiger partial charge in [0.15, 0.2) is 0 Å². The maximum atomic E-state index is 13.2. The van der Waals surface area contributed by atoms with Crippen molar-refractivity contribution in [3.8, 4) is 16.9 Å². The van der Waals surface area contributed by atoms with E-state index in [9.17, 15) is 9.59 Å². The Hall–Kier alpha value is -3.93. The molecule has 0 radical (unpaired) electrons. The van der Waals surface area contributed by atoms with Crippen LogP contribution in [0, 0.1) is 0 Å². The molecule has 1 N–H and O–H groups in total. The maximum absolute atomic E-state index is 13.2. The molecule has 0 unspecified atom stereocenters. The summed E-state index contributed by atoms with van der Waals surface area (Å²) in [5.41, 5.74) is 2.45. The number of pyridine rings is 2. The number of rotatable bonds is 4. The Kier molecular flexibility index (Phi) is 4.83. The van der Waals surface area contributed by atoms with Crippen LogP contribution in [0.4, 0.5) is 5.69 Å². The minimum atomic E-state index is -0.347. The number of carbonyl (C=O) groups is 1. The van der Waals surface area contributed by atoms with Gasteiger partial charge in [-0.2, -0.15) is 0 Å². The Labute approximate surface area is 167 Å². The van der Waals surface area contributed by atoms with Crippen molar-refractivity contribution >= 4 is 22.5 Å². The van der Waals surface area contributed by atoms with Gasteiger partial charge in [-0.15, -0.1) is 0 Å². The average Bonchev–Trinajstić information content (AvgIpc) is 2.78. The van der Waals surface area contributed by atoms with Crippen molar-refractivity contribution in [2.75, 3.05) is 12.4 Å². The van der Waals surface area contributed by atoms with E-state index in [-0.39, 0.29) is 17.2 Å². The quantitative estimate of drug-likeness (QED) is 0.579. The van der Waals surface area contributed by atoms with E-state index < -0.39 is 0 Å². The molecule has 0 aliphatic carbocycles. The van der Waals surface area contributed by atoms with Crippen LogP contribution in [-0.2, 0) is 7.05 Å². The second kappa shape index (κ2) is 7.59. The summed E-state index contributed by atoms with van der Waals surface area (Å²) >= 11 is 0. The van der Waals surface area contributed by atoms with Gasteiger partial charge in [0.25, 0.3) is 11.5 Å². The molecular formula is C23H19N3O3. The first-order valence-corrected chi connectivity index (χ1v) is 9.07. The fourth-order valence-corrected chi connectivity index (χ4v) is 3.35. The van der Waals surface area contributed by atoms with Crippen molar-refractivity contribution in [3.63, 3.8) is 0 Å². The molecule has 0 spiro atoms. The van der Waals surface area contributed by atoms with E-state index in [0.29, 0.717) is 22.4 Å². The third-order valence-corrected chi connectivity index (χ3v) is 4.83.